The number of anilines is 1. The van der Waals surface area contributed by atoms with Crippen molar-refractivity contribution in [1.82, 2.24) is 19.7 Å². The number of ether oxygens (including phenoxy) is 2. The lowest BCUT2D eigenvalue weighted by Gasteiger charge is -2.24. The zero-order chi connectivity index (χ0) is 21.7. The molecule has 0 spiro atoms. The first-order valence-electron chi connectivity index (χ1n) is 10.2. The molecule has 2 heterocycles. The van der Waals surface area contributed by atoms with E-state index >= 15 is 0 Å². The predicted molar refractivity (Wildman–Crippen MR) is 120 cm³/mol. The van der Waals surface area contributed by atoms with E-state index in [2.05, 4.69) is 23.8 Å². The van der Waals surface area contributed by atoms with Crippen molar-refractivity contribution in [3.05, 3.63) is 30.0 Å². The van der Waals surface area contributed by atoms with Crippen molar-refractivity contribution < 1.29 is 14.3 Å². The van der Waals surface area contributed by atoms with Crippen LogP contribution in [-0.4, -0.2) is 65.5 Å². The summed E-state index contributed by atoms with van der Waals surface area (Å²) in [5.74, 6) is 0.946. The molecule has 30 heavy (non-hydrogen) atoms. The molecule has 0 aliphatic heterocycles. The summed E-state index contributed by atoms with van der Waals surface area (Å²) in [5.41, 5.74) is 1.27. The summed E-state index contributed by atoms with van der Waals surface area (Å²) in [7, 11) is 3.29. The van der Waals surface area contributed by atoms with Crippen molar-refractivity contribution in [2.45, 2.75) is 20.8 Å². The Morgan fingerprint density at radius 1 is 1.20 bits per heavy atom. The number of nitrogens with zero attached hydrogens (tertiary/aromatic N) is 5. The van der Waals surface area contributed by atoms with Gasteiger partial charge in [-0.2, -0.15) is 0 Å². The molecule has 0 aliphatic carbocycles. The number of likely N-dealkylation sites (N-methyl/N-ethyl adjacent to an activating group) is 1. The first-order chi connectivity index (χ1) is 14.5. The molecule has 9 heteroatoms. The number of hydrogen-bond donors (Lipinski definition) is 0. The van der Waals surface area contributed by atoms with Crippen LogP contribution in [0, 0.1) is 0 Å². The Morgan fingerprint density at radius 3 is 2.63 bits per heavy atom. The summed E-state index contributed by atoms with van der Waals surface area (Å²) in [4.78, 5) is 22.2. The fraction of sp³-hybridized carbons (Fsp3) is 0.476. The first-order valence-corrected chi connectivity index (χ1v) is 11.0. The second-order valence-electron chi connectivity index (χ2n) is 6.77. The minimum Gasteiger partial charge on any atom is -0.494 e. The number of carbonyl (C=O) groups is 1. The van der Waals surface area contributed by atoms with Gasteiger partial charge in [0.1, 0.15) is 11.3 Å². The molecule has 3 rings (SSSR count). The normalized spacial score (nSPS) is 11.3. The molecule has 0 aliphatic rings. The number of hydrogen-bond acceptors (Lipinski definition) is 7. The van der Waals surface area contributed by atoms with E-state index in [0.717, 1.165) is 35.6 Å². The highest BCUT2D eigenvalue weighted by Gasteiger charge is 2.26. The average molecular weight is 432 g/mol. The van der Waals surface area contributed by atoms with Gasteiger partial charge in [0.2, 0.25) is 5.88 Å². The number of aryl methyl sites for hydroxylation is 1. The second-order valence-corrected chi connectivity index (χ2v) is 7.78. The van der Waals surface area contributed by atoms with Gasteiger partial charge in [0.15, 0.2) is 5.13 Å². The van der Waals surface area contributed by atoms with Crippen molar-refractivity contribution in [3.8, 4) is 11.6 Å². The number of methoxy groups -OCH3 is 1. The molecule has 0 unspecified atom stereocenters. The fourth-order valence-corrected chi connectivity index (χ4v) is 4.26. The van der Waals surface area contributed by atoms with Crippen LogP contribution in [0.3, 0.4) is 0 Å². The van der Waals surface area contributed by atoms with Crippen LogP contribution in [0.2, 0.25) is 0 Å². The highest BCUT2D eigenvalue weighted by atomic mass is 32.1. The van der Waals surface area contributed by atoms with Crippen LogP contribution in [0.15, 0.2) is 24.4 Å². The van der Waals surface area contributed by atoms with Crippen LogP contribution in [0.4, 0.5) is 5.13 Å². The fourth-order valence-electron chi connectivity index (χ4n) is 3.24. The standard InChI is InChI=1S/C21H29N5O3S/c1-6-25(7-2)11-12-26(20(27)16-14-24(4)23-19(16)28-5)21-22-17-10-9-15(29-8-3)13-18(17)30-21/h9-10,13-14H,6-8,11-12H2,1-5H3. The maximum atomic E-state index is 13.5. The largest absolute Gasteiger partial charge is 0.494 e. The highest BCUT2D eigenvalue weighted by molar-refractivity contribution is 7.22. The van der Waals surface area contributed by atoms with Gasteiger partial charge in [0.25, 0.3) is 5.91 Å². The van der Waals surface area contributed by atoms with Crippen molar-refractivity contribution in [2.75, 3.05) is 44.8 Å². The third-order valence-electron chi connectivity index (χ3n) is 4.89. The SMILES string of the molecule is CCOc1ccc2nc(N(CCN(CC)CC)C(=O)c3cn(C)nc3OC)sc2c1. The highest BCUT2D eigenvalue weighted by Crippen LogP contribution is 2.33. The van der Waals surface area contributed by atoms with E-state index in [1.807, 2.05) is 25.1 Å². The number of thiazole rings is 1. The Labute approximate surface area is 181 Å². The minimum absolute atomic E-state index is 0.170. The summed E-state index contributed by atoms with van der Waals surface area (Å²) in [6.45, 7) is 9.92. The first kappa shape index (κ1) is 22.0. The third kappa shape index (κ3) is 4.73. The van der Waals surface area contributed by atoms with E-state index < -0.39 is 0 Å². The smallest absolute Gasteiger partial charge is 0.267 e. The monoisotopic (exact) mass is 431 g/mol. The zero-order valence-corrected chi connectivity index (χ0v) is 19.0. The maximum absolute atomic E-state index is 13.5. The van der Waals surface area contributed by atoms with E-state index in [1.54, 1.807) is 22.8 Å². The number of fused-ring (bicyclic) bond motifs is 1. The minimum atomic E-state index is -0.170. The van der Waals surface area contributed by atoms with Crippen molar-refractivity contribution >= 4 is 32.6 Å². The zero-order valence-electron chi connectivity index (χ0n) is 18.2. The molecule has 0 radical (unpaired) electrons. The molecule has 0 bridgehead atoms. The Kier molecular flexibility index (Phi) is 7.28. The molecule has 1 aromatic carbocycles. The lowest BCUT2D eigenvalue weighted by molar-refractivity contribution is 0.0981. The maximum Gasteiger partial charge on any atom is 0.267 e. The number of rotatable bonds is 10. The molecular formula is C21H29N5O3S. The molecular weight excluding hydrogens is 402 g/mol. The van der Waals surface area contributed by atoms with E-state index in [1.165, 1.54) is 18.4 Å². The van der Waals surface area contributed by atoms with Crippen molar-refractivity contribution in [2.24, 2.45) is 7.05 Å². The van der Waals surface area contributed by atoms with Gasteiger partial charge in [-0.1, -0.05) is 25.2 Å². The lowest BCUT2D eigenvalue weighted by Crippen LogP contribution is -2.38. The van der Waals surface area contributed by atoms with Gasteiger partial charge in [0, 0.05) is 26.3 Å². The molecule has 0 saturated carbocycles. The third-order valence-corrected chi connectivity index (χ3v) is 5.93. The molecule has 2 aromatic heterocycles. The topological polar surface area (TPSA) is 72.7 Å². The van der Waals surface area contributed by atoms with Gasteiger partial charge in [-0.3, -0.25) is 14.4 Å². The average Bonchev–Trinajstić information content (AvgIpc) is 3.33. The molecule has 162 valence electrons. The Bertz CT molecular complexity index is 996. The van der Waals surface area contributed by atoms with Gasteiger partial charge in [-0.05, 0) is 38.2 Å². The molecule has 1 amide bonds. The van der Waals surface area contributed by atoms with Gasteiger partial charge in [-0.15, -0.1) is 5.10 Å². The van der Waals surface area contributed by atoms with Crippen LogP contribution >= 0.6 is 11.3 Å². The van der Waals surface area contributed by atoms with E-state index in [0.29, 0.717) is 29.7 Å². The number of benzene rings is 1. The second kappa shape index (κ2) is 9.90. The molecule has 3 aromatic rings. The van der Waals surface area contributed by atoms with Gasteiger partial charge in [-0.25, -0.2) is 4.98 Å². The summed E-state index contributed by atoms with van der Waals surface area (Å²) < 4.78 is 13.5. The summed E-state index contributed by atoms with van der Waals surface area (Å²) >= 11 is 1.48. The van der Waals surface area contributed by atoms with Crippen LogP contribution in [0.1, 0.15) is 31.1 Å². The van der Waals surface area contributed by atoms with Gasteiger partial charge < -0.3 is 14.4 Å². The van der Waals surface area contributed by atoms with Crippen molar-refractivity contribution in [3.63, 3.8) is 0 Å². The predicted octanol–water partition coefficient (Wildman–Crippen LogP) is 3.43. The van der Waals surface area contributed by atoms with E-state index in [-0.39, 0.29) is 5.91 Å². The van der Waals surface area contributed by atoms with Gasteiger partial charge >= 0.3 is 0 Å². The molecule has 0 atom stereocenters. The number of carbonyl (C=O) groups excluding carboxylic acids is 1. The summed E-state index contributed by atoms with van der Waals surface area (Å²) in [6, 6.07) is 5.80. The van der Waals surface area contributed by atoms with Crippen LogP contribution in [0.5, 0.6) is 11.6 Å². The lowest BCUT2D eigenvalue weighted by atomic mass is 10.3. The Morgan fingerprint density at radius 2 is 1.97 bits per heavy atom. The van der Waals surface area contributed by atoms with Crippen LogP contribution < -0.4 is 14.4 Å². The number of aromatic nitrogens is 3. The van der Waals surface area contributed by atoms with E-state index in [9.17, 15) is 4.79 Å². The van der Waals surface area contributed by atoms with Crippen LogP contribution in [-0.2, 0) is 7.05 Å². The Balaban J connectivity index is 1.98. The quantitative estimate of drug-likeness (QED) is 0.490. The van der Waals surface area contributed by atoms with Crippen molar-refractivity contribution in [1.29, 1.82) is 0 Å². The summed E-state index contributed by atoms with van der Waals surface area (Å²) in [6.07, 6.45) is 1.69. The van der Waals surface area contributed by atoms with Gasteiger partial charge in [0.05, 0.1) is 23.9 Å². The molecule has 0 N–H and O–H groups in total. The summed E-state index contributed by atoms with van der Waals surface area (Å²) in [5, 5.41) is 4.89. The molecule has 0 fully saturated rings. The number of amides is 1. The Hall–Kier alpha value is -2.65. The van der Waals surface area contributed by atoms with Crippen LogP contribution in [0.25, 0.3) is 10.2 Å². The molecule has 0 saturated heterocycles. The molecule has 8 nitrogen and oxygen atoms in total. The van der Waals surface area contributed by atoms with E-state index in [4.69, 9.17) is 14.5 Å².